The monoisotopic (exact) mass is 312 g/mol. The van der Waals surface area contributed by atoms with Crippen molar-refractivity contribution in [3.63, 3.8) is 0 Å². The second-order valence-electron chi connectivity index (χ2n) is 6.41. The minimum absolute atomic E-state index is 0.0951. The van der Waals surface area contributed by atoms with Crippen LogP contribution >= 0.6 is 0 Å². The molecule has 0 radical (unpaired) electrons. The molecule has 2 aromatic rings. The molecule has 2 aromatic heterocycles. The molecule has 0 unspecified atom stereocenters. The molecule has 2 heterocycles. The van der Waals surface area contributed by atoms with Gasteiger partial charge >= 0.3 is 5.69 Å². The lowest BCUT2D eigenvalue weighted by atomic mass is 9.75. The normalized spacial score (nSPS) is 15.8. The summed E-state index contributed by atoms with van der Waals surface area (Å²) in [4.78, 5) is 31.4. The molecule has 118 valence electrons. The molecule has 0 atom stereocenters. The van der Waals surface area contributed by atoms with E-state index in [4.69, 9.17) is 0 Å². The predicted molar refractivity (Wildman–Crippen MR) is 84.8 cm³/mol. The summed E-state index contributed by atoms with van der Waals surface area (Å²) in [6, 6.07) is 4.73. The van der Waals surface area contributed by atoms with Crippen molar-refractivity contribution in [2.75, 3.05) is 5.32 Å². The molecule has 0 spiro atoms. The number of nitrogens with one attached hydrogen (secondary N) is 1. The summed E-state index contributed by atoms with van der Waals surface area (Å²) in [5, 5.41) is 14.3. The number of carbonyl (C=O) groups is 1. The van der Waals surface area contributed by atoms with Crippen LogP contribution in [0.15, 0.2) is 30.6 Å². The molecule has 23 heavy (non-hydrogen) atoms. The molecular weight excluding hydrogens is 296 g/mol. The van der Waals surface area contributed by atoms with Gasteiger partial charge in [0.15, 0.2) is 5.78 Å². The van der Waals surface area contributed by atoms with Crippen LogP contribution in [0.4, 0.5) is 17.2 Å². The van der Waals surface area contributed by atoms with Gasteiger partial charge in [0.1, 0.15) is 0 Å². The molecule has 1 aliphatic rings. The standard InChI is InChI=1S/C16H16N4O3/c1-16(2)8-12-11(14(21)9-16)7-13(20(22)23)15(19-12)18-10-3-5-17-6-4-10/h3-7H,8-9H2,1-2H3,(H,17,18,19). The highest BCUT2D eigenvalue weighted by Gasteiger charge is 2.34. The van der Waals surface area contributed by atoms with Gasteiger partial charge in [-0.1, -0.05) is 13.8 Å². The van der Waals surface area contributed by atoms with Gasteiger partial charge in [-0.15, -0.1) is 0 Å². The summed E-state index contributed by atoms with van der Waals surface area (Å²) < 4.78 is 0. The van der Waals surface area contributed by atoms with Crippen molar-refractivity contribution in [3.05, 3.63) is 52.0 Å². The number of ketones is 1. The third-order valence-corrected chi connectivity index (χ3v) is 3.81. The maximum Gasteiger partial charge on any atom is 0.312 e. The Morgan fingerprint density at radius 2 is 1.96 bits per heavy atom. The Balaban J connectivity index is 2.08. The Labute approximate surface area is 132 Å². The van der Waals surface area contributed by atoms with Gasteiger partial charge in [-0.3, -0.25) is 19.9 Å². The number of anilines is 2. The Kier molecular flexibility index (Phi) is 3.55. The average Bonchev–Trinajstić information content (AvgIpc) is 2.46. The topological polar surface area (TPSA) is 98.0 Å². The maximum absolute atomic E-state index is 12.3. The molecular formula is C16H16N4O3. The van der Waals surface area contributed by atoms with Gasteiger partial charge in [-0.25, -0.2) is 4.98 Å². The molecule has 0 aliphatic heterocycles. The number of aromatic nitrogens is 2. The Bertz CT molecular complexity index is 787. The van der Waals surface area contributed by atoms with Crippen LogP contribution in [0.3, 0.4) is 0 Å². The zero-order valence-electron chi connectivity index (χ0n) is 12.9. The fraction of sp³-hybridized carbons (Fsp3) is 0.312. The van der Waals surface area contributed by atoms with Crippen molar-refractivity contribution >= 4 is 23.0 Å². The predicted octanol–water partition coefficient (Wildman–Crippen LogP) is 3.28. The molecule has 1 aliphatic carbocycles. The molecule has 0 bridgehead atoms. The number of nitrogens with zero attached hydrogens (tertiary/aromatic N) is 3. The number of hydrogen-bond donors (Lipinski definition) is 1. The molecule has 0 amide bonds. The van der Waals surface area contributed by atoms with Crippen LogP contribution in [0.5, 0.6) is 0 Å². The lowest BCUT2D eigenvalue weighted by Gasteiger charge is -2.29. The first-order valence-corrected chi connectivity index (χ1v) is 7.24. The van der Waals surface area contributed by atoms with Crippen LogP contribution in [-0.2, 0) is 6.42 Å². The van der Waals surface area contributed by atoms with E-state index in [0.717, 1.165) is 0 Å². The summed E-state index contributed by atoms with van der Waals surface area (Å²) in [7, 11) is 0. The van der Waals surface area contributed by atoms with E-state index >= 15 is 0 Å². The highest BCUT2D eigenvalue weighted by atomic mass is 16.6. The number of carbonyl (C=O) groups excluding carboxylic acids is 1. The lowest BCUT2D eigenvalue weighted by Crippen LogP contribution is -2.28. The zero-order valence-corrected chi connectivity index (χ0v) is 12.9. The molecule has 0 saturated heterocycles. The van der Waals surface area contributed by atoms with Crippen LogP contribution in [0.1, 0.15) is 36.3 Å². The van der Waals surface area contributed by atoms with E-state index < -0.39 is 4.92 Å². The smallest absolute Gasteiger partial charge is 0.312 e. The van der Waals surface area contributed by atoms with E-state index in [1.165, 1.54) is 6.07 Å². The van der Waals surface area contributed by atoms with Gasteiger partial charge in [-0.05, 0) is 24.0 Å². The van der Waals surface area contributed by atoms with Gasteiger partial charge in [0.2, 0.25) is 5.82 Å². The van der Waals surface area contributed by atoms with E-state index in [9.17, 15) is 14.9 Å². The summed E-state index contributed by atoms with van der Waals surface area (Å²) in [5.74, 6) is 0.0489. The van der Waals surface area contributed by atoms with Gasteiger partial charge in [-0.2, -0.15) is 0 Å². The first-order chi connectivity index (χ1) is 10.9. The Morgan fingerprint density at radius 1 is 1.26 bits per heavy atom. The van der Waals surface area contributed by atoms with Gasteiger partial charge in [0.05, 0.1) is 10.6 Å². The van der Waals surface area contributed by atoms with E-state index in [0.29, 0.717) is 29.8 Å². The van der Waals surface area contributed by atoms with Crippen molar-refractivity contribution in [1.82, 2.24) is 9.97 Å². The largest absolute Gasteiger partial charge is 0.334 e. The van der Waals surface area contributed by atoms with Gasteiger partial charge in [0, 0.05) is 36.1 Å². The third-order valence-electron chi connectivity index (χ3n) is 3.81. The zero-order chi connectivity index (χ0) is 16.6. The Hall–Kier alpha value is -2.83. The second-order valence-corrected chi connectivity index (χ2v) is 6.41. The van der Waals surface area contributed by atoms with Crippen molar-refractivity contribution in [3.8, 4) is 0 Å². The van der Waals surface area contributed by atoms with E-state index in [-0.39, 0.29) is 22.7 Å². The first kappa shape index (κ1) is 15.1. The van der Waals surface area contributed by atoms with Crippen molar-refractivity contribution in [1.29, 1.82) is 0 Å². The van der Waals surface area contributed by atoms with Crippen LogP contribution in [0.25, 0.3) is 0 Å². The van der Waals surface area contributed by atoms with E-state index in [1.807, 2.05) is 13.8 Å². The molecule has 0 saturated carbocycles. The summed E-state index contributed by atoms with van der Waals surface area (Å²) in [6.07, 6.45) is 4.14. The van der Waals surface area contributed by atoms with Crippen LogP contribution in [0, 0.1) is 15.5 Å². The number of pyridine rings is 2. The second kappa shape index (κ2) is 5.42. The summed E-state index contributed by atoms with van der Waals surface area (Å²) in [5.41, 5.74) is 1.22. The molecule has 1 N–H and O–H groups in total. The van der Waals surface area contributed by atoms with Crippen molar-refractivity contribution in [2.24, 2.45) is 5.41 Å². The van der Waals surface area contributed by atoms with E-state index in [1.54, 1.807) is 24.5 Å². The fourth-order valence-electron chi connectivity index (χ4n) is 2.77. The first-order valence-electron chi connectivity index (χ1n) is 7.24. The van der Waals surface area contributed by atoms with Gasteiger partial charge in [0.25, 0.3) is 0 Å². The number of nitro groups is 1. The van der Waals surface area contributed by atoms with Crippen LogP contribution in [-0.4, -0.2) is 20.7 Å². The lowest BCUT2D eigenvalue weighted by molar-refractivity contribution is -0.384. The van der Waals surface area contributed by atoms with Gasteiger partial charge < -0.3 is 5.32 Å². The third kappa shape index (κ3) is 3.03. The maximum atomic E-state index is 12.3. The number of Topliss-reactive ketones (excluding diaryl/α,β-unsaturated/α-hetero) is 1. The number of fused-ring (bicyclic) bond motifs is 1. The number of rotatable bonds is 3. The highest BCUT2D eigenvalue weighted by molar-refractivity contribution is 5.99. The molecule has 7 heteroatoms. The molecule has 3 rings (SSSR count). The summed E-state index contributed by atoms with van der Waals surface area (Å²) >= 11 is 0. The Morgan fingerprint density at radius 3 is 2.61 bits per heavy atom. The average molecular weight is 312 g/mol. The van der Waals surface area contributed by atoms with Crippen molar-refractivity contribution in [2.45, 2.75) is 26.7 Å². The molecule has 7 nitrogen and oxygen atoms in total. The SMILES string of the molecule is CC1(C)CC(=O)c2cc([N+](=O)[O-])c(Nc3ccncc3)nc2C1. The minimum Gasteiger partial charge on any atom is -0.334 e. The van der Waals surface area contributed by atoms with Crippen LogP contribution < -0.4 is 5.32 Å². The summed E-state index contributed by atoms with van der Waals surface area (Å²) in [6.45, 7) is 3.99. The fourth-order valence-corrected chi connectivity index (χ4v) is 2.77. The quantitative estimate of drug-likeness (QED) is 0.690. The van der Waals surface area contributed by atoms with Crippen molar-refractivity contribution < 1.29 is 9.72 Å². The minimum atomic E-state index is -0.524. The number of hydrogen-bond acceptors (Lipinski definition) is 6. The van der Waals surface area contributed by atoms with E-state index in [2.05, 4.69) is 15.3 Å². The molecule has 0 fully saturated rings. The molecule has 0 aromatic carbocycles. The van der Waals surface area contributed by atoms with Crippen LogP contribution in [0.2, 0.25) is 0 Å². The highest BCUT2D eigenvalue weighted by Crippen LogP contribution is 2.37.